The molecule has 1 saturated heterocycles. The van der Waals surface area contributed by atoms with Gasteiger partial charge in [-0.3, -0.25) is 4.79 Å². The van der Waals surface area contributed by atoms with Crippen LogP contribution in [-0.4, -0.2) is 16.8 Å². The first kappa shape index (κ1) is 11.6. The van der Waals surface area contributed by atoms with Gasteiger partial charge in [-0.2, -0.15) is 0 Å². The van der Waals surface area contributed by atoms with Gasteiger partial charge in [0.15, 0.2) is 0 Å². The molecule has 4 aliphatic carbocycles. The van der Waals surface area contributed by atoms with Crippen molar-refractivity contribution in [3.8, 4) is 0 Å². The average Bonchev–Trinajstić information content (AvgIpc) is 3.14. The van der Waals surface area contributed by atoms with Gasteiger partial charge in [0.25, 0.3) is 0 Å². The van der Waals surface area contributed by atoms with Crippen molar-refractivity contribution in [1.82, 2.24) is 4.90 Å². The van der Waals surface area contributed by atoms with E-state index in [1.807, 2.05) is 4.90 Å². The van der Waals surface area contributed by atoms with E-state index in [0.29, 0.717) is 17.7 Å². The Bertz CT molecular complexity index is 506. The minimum Gasteiger partial charge on any atom is -0.314 e. The van der Waals surface area contributed by atoms with E-state index >= 15 is 0 Å². The number of fused-ring (bicyclic) bond motifs is 12. The molecule has 3 saturated carbocycles. The van der Waals surface area contributed by atoms with Gasteiger partial charge in [-0.1, -0.05) is 18.7 Å². The third-order valence-corrected chi connectivity index (χ3v) is 7.16. The van der Waals surface area contributed by atoms with Crippen LogP contribution < -0.4 is 0 Å². The number of carbonyl (C=O) groups excluding carboxylic acids is 1. The molecule has 5 aliphatic rings. The van der Waals surface area contributed by atoms with Crippen molar-refractivity contribution in [2.75, 3.05) is 0 Å². The summed E-state index contributed by atoms with van der Waals surface area (Å²) in [4.78, 5) is 14.9. The molecule has 4 fully saturated rings. The number of amides is 1. The Labute approximate surface area is 120 Å². The molecule has 8 unspecified atom stereocenters. The van der Waals surface area contributed by atoms with Crippen molar-refractivity contribution >= 4 is 5.91 Å². The van der Waals surface area contributed by atoms with Crippen molar-refractivity contribution in [3.63, 3.8) is 0 Å². The summed E-state index contributed by atoms with van der Waals surface area (Å²) in [7, 11) is 0. The number of carbonyl (C=O) groups is 1. The minimum absolute atomic E-state index is 0.273. The summed E-state index contributed by atoms with van der Waals surface area (Å²) in [5.74, 6) is 5.85. The van der Waals surface area contributed by atoms with E-state index in [4.69, 9.17) is 0 Å². The standard InChI is InChI=1S/C18H23NO/c1-8(2)19-9(3)14-12-7-13(17(14)18(19)20)16-11-5-4-10(6-11)15(12)16/h4-5,8,10-17H,3,6-7H2,1-2H3. The van der Waals surface area contributed by atoms with E-state index < -0.39 is 0 Å². The summed E-state index contributed by atoms with van der Waals surface area (Å²) in [6.07, 6.45) is 7.60. The summed E-state index contributed by atoms with van der Waals surface area (Å²) in [5, 5.41) is 0. The molecule has 0 aromatic carbocycles. The van der Waals surface area contributed by atoms with Crippen LogP contribution in [0.2, 0.25) is 0 Å². The van der Waals surface area contributed by atoms with Gasteiger partial charge < -0.3 is 4.90 Å². The molecular weight excluding hydrogens is 246 g/mol. The zero-order valence-electron chi connectivity index (χ0n) is 12.3. The Kier molecular flexibility index (Phi) is 1.97. The molecule has 106 valence electrons. The fourth-order valence-electron chi connectivity index (χ4n) is 6.88. The zero-order valence-corrected chi connectivity index (χ0v) is 12.3. The van der Waals surface area contributed by atoms with Crippen LogP contribution in [0.5, 0.6) is 0 Å². The van der Waals surface area contributed by atoms with E-state index in [1.54, 1.807) is 0 Å². The number of allylic oxidation sites excluding steroid dienone is 3. The summed E-state index contributed by atoms with van der Waals surface area (Å²) in [6.45, 7) is 8.58. The lowest BCUT2D eigenvalue weighted by molar-refractivity contribution is -0.133. The van der Waals surface area contributed by atoms with Crippen molar-refractivity contribution in [1.29, 1.82) is 0 Å². The fourth-order valence-corrected chi connectivity index (χ4v) is 6.88. The highest BCUT2D eigenvalue weighted by molar-refractivity contribution is 5.86. The lowest BCUT2D eigenvalue weighted by Gasteiger charge is -2.37. The SMILES string of the molecule is C=C1C2C3CC(C2C(=O)N1C(C)C)C1C2C=CC(C2)C31. The molecule has 0 aromatic heterocycles. The summed E-state index contributed by atoms with van der Waals surface area (Å²) < 4.78 is 0. The number of likely N-dealkylation sites (tertiary alicyclic amines) is 1. The highest BCUT2D eigenvalue weighted by Crippen LogP contribution is 2.71. The predicted octanol–water partition coefficient (Wildman–Crippen LogP) is 3.07. The van der Waals surface area contributed by atoms with Gasteiger partial charge in [-0.05, 0) is 62.2 Å². The molecule has 1 amide bonds. The van der Waals surface area contributed by atoms with Gasteiger partial charge >= 0.3 is 0 Å². The van der Waals surface area contributed by atoms with Crippen LogP contribution in [0.4, 0.5) is 0 Å². The Morgan fingerprint density at radius 1 is 1.10 bits per heavy atom. The molecule has 5 rings (SSSR count). The average molecular weight is 269 g/mol. The van der Waals surface area contributed by atoms with E-state index in [2.05, 4.69) is 32.6 Å². The van der Waals surface area contributed by atoms with E-state index in [-0.39, 0.29) is 12.0 Å². The maximum Gasteiger partial charge on any atom is 0.231 e. The van der Waals surface area contributed by atoms with Crippen LogP contribution in [0.1, 0.15) is 26.7 Å². The van der Waals surface area contributed by atoms with E-state index in [1.165, 1.54) is 12.8 Å². The lowest BCUT2D eigenvalue weighted by atomic mass is 9.65. The largest absolute Gasteiger partial charge is 0.314 e. The van der Waals surface area contributed by atoms with Gasteiger partial charge in [-0.25, -0.2) is 0 Å². The molecule has 20 heavy (non-hydrogen) atoms. The first-order chi connectivity index (χ1) is 9.59. The van der Waals surface area contributed by atoms with Gasteiger partial charge in [-0.15, -0.1) is 0 Å². The van der Waals surface area contributed by atoms with Gasteiger partial charge in [0.05, 0.1) is 5.92 Å². The lowest BCUT2D eigenvalue weighted by Crippen LogP contribution is -2.38. The Balaban J connectivity index is 1.57. The van der Waals surface area contributed by atoms with Crippen LogP contribution in [0.15, 0.2) is 24.4 Å². The molecule has 1 heterocycles. The second kappa shape index (κ2) is 3.40. The van der Waals surface area contributed by atoms with Crippen molar-refractivity contribution in [2.45, 2.75) is 32.7 Å². The molecule has 8 atom stereocenters. The topological polar surface area (TPSA) is 20.3 Å². The van der Waals surface area contributed by atoms with Gasteiger partial charge in [0, 0.05) is 17.7 Å². The molecule has 4 bridgehead atoms. The Hall–Kier alpha value is -1.05. The highest BCUT2D eigenvalue weighted by atomic mass is 16.2. The van der Waals surface area contributed by atoms with Crippen LogP contribution >= 0.6 is 0 Å². The molecule has 0 spiro atoms. The predicted molar refractivity (Wildman–Crippen MR) is 77.4 cm³/mol. The van der Waals surface area contributed by atoms with Crippen LogP contribution in [0.25, 0.3) is 0 Å². The minimum atomic E-state index is 0.273. The normalized spacial score (nSPS) is 54.5. The maximum atomic E-state index is 12.9. The zero-order chi connectivity index (χ0) is 13.8. The molecule has 2 heteroatoms. The van der Waals surface area contributed by atoms with E-state index in [9.17, 15) is 4.79 Å². The summed E-state index contributed by atoms with van der Waals surface area (Å²) in [6, 6.07) is 0.273. The molecule has 0 radical (unpaired) electrons. The third-order valence-electron chi connectivity index (χ3n) is 7.16. The second-order valence-electron chi connectivity index (χ2n) is 8.01. The number of hydrogen-bond donors (Lipinski definition) is 0. The molecule has 0 N–H and O–H groups in total. The van der Waals surface area contributed by atoms with Crippen LogP contribution in [-0.2, 0) is 4.79 Å². The molecule has 1 aliphatic heterocycles. The first-order valence-electron chi connectivity index (χ1n) is 8.29. The molecular formula is C18H23NO. The van der Waals surface area contributed by atoms with Gasteiger partial charge in [0.1, 0.15) is 0 Å². The fraction of sp³-hybridized carbons (Fsp3) is 0.722. The van der Waals surface area contributed by atoms with Crippen molar-refractivity contribution in [3.05, 3.63) is 24.4 Å². The van der Waals surface area contributed by atoms with Gasteiger partial charge in [0.2, 0.25) is 5.91 Å². The summed E-state index contributed by atoms with van der Waals surface area (Å²) in [5.41, 5.74) is 1.15. The van der Waals surface area contributed by atoms with E-state index in [0.717, 1.165) is 35.3 Å². The molecule has 0 aromatic rings. The monoisotopic (exact) mass is 269 g/mol. The number of hydrogen-bond acceptors (Lipinski definition) is 1. The third kappa shape index (κ3) is 1.05. The van der Waals surface area contributed by atoms with Crippen LogP contribution in [0, 0.1) is 47.3 Å². The number of rotatable bonds is 1. The number of nitrogens with zero attached hydrogens (tertiary/aromatic N) is 1. The van der Waals surface area contributed by atoms with Crippen LogP contribution in [0.3, 0.4) is 0 Å². The Morgan fingerprint density at radius 3 is 2.30 bits per heavy atom. The molecule has 2 nitrogen and oxygen atoms in total. The van der Waals surface area contributed by atoms with Crippen molar-refractivity contribution in [2.24, 2.45) is 47.3 Å². The summed E-state index contributed by atoms with van der Waals surface area (Å²) >= 11 is 0. The second-order valence-corrected chi connectivity index (χ2v) is 8.01. The quantitative estimate of drug-likeness (QED) is 0.529. The smallest absolute Gasteiger partial charge is 0.231 e. The highest BCUT2D eigenvalue weighted by Gasteiger charge is 2.69. The maximum absolute atomic E-state index is 12.9. The first-order valence-corrected chi connectivity index (χ1v) is 8.29. The Morgan fingerprint density at radius 2 is 1.70 bits per heavy atom. The van der Waals surface area contributed by atoms with Crippen molar-refractivity contribution < 1.29 is 4.79 Å².